The minimum Gasteiger partial charge on any atom is -0.158 e. The van der Waals surface area contributed by atoms with Gasteiger partial charge in [-0.1, -0.05) is 55.0 Å². The molecule has 0 unspecified atom stereocenters. The lowest BCUT2D eigenvalue weighted by molar-refractivity contribution is 0.628. The quantitative estimate of drug-likeness (QED) is 0.533. The Morgan fingerprint density at radius 2 is 1.81 bits per heavy atom. The topological polar surface area (TPSA) is 25.8 Å². The first kappa shape index (κ1) is 16.0. The van der Waals surface area contributed by atoms with Crippen LogP contribution in [0.2, 0.25) is 0 Å². The van der Waals surface area contributed by atoms with Gasteiger partial charge in [-0.2, -0.15) is 5.10 Å². The number of hydrogen-bond acceptors (Lipinski definition) is 2. The van der Waals surface area contributed by atoms with Crippen LogP contribution < -0.4 is 0 Å². The SMILES string of the molecule is Brc1cccnn1.CCCCCCCCBr. The van der Waals surface area contributed by atoms with Gasteiger partial charge in [-0.05, 0) is 34.5 Å². The van der Waals surface area contributed by atoms with Gasteiger partial charge in [0.05, 0.1) is 0 Å². The average molecular weight is 352 g/mol. The second kappa shape index (κ2) is 13.1. The summed E-state index contributed by atoms with van der Waals surface area (Å²) in [5.74, 6) is 0. The normalized spacial score (nSPS) is 9.44. The Kier molecular flexibility index (Phi) is 13.1. The van der Waals surface area contributed by atoms with Crippen LogP contribution in [0.1, 0.15) is 45.4 Å². The first-order valence-corrected chi connectivity index (χ1v) is 7.71. The van der Waals surface area contributed by atoms with Gasteiger partial charge in [0.15, 0.2) is 0 Å². The lowest BCUT2D eigenvalue weighted by Gasteiger charge is -1.95. The highest BCUT2D eigenvalue weighted by molar-refractivity contribution is 9.10. The van der Waals surface area contributed by atoms with E-state index in [4.69, 9.17) is 0 Å². The van der Waals surface area contributed by atoms with Gasteiger partial charge in [-0.3, -0.25) is 0 Å². The van der Waals surface area contributed by atoms with Crippen molar-refractivity contribution in [1.29, 1.82) is 0 Å². The maximum absolute atomic E-state index is 3.65. The third-order valence-electron chi connectivity index (χ3n) is 2.03. The summed E-state index contributed by atoms with van der Waals surface area (Å²) in [5.41, 5.74) is 0. The van der Waals surface area contributed by atoms with Crippen molar-refractivity contribution in [2.45, 2.75) is 45.4 Å². The highest BCUT2D eigenvalue weighted by Gasteiger charge is 1.86. The highest BCUT2D eigenvalue weighted by Crippen LogP contribution is 2.05. The van der Waals surface area contributed by atoms with E-state index in [9.17, 15) is 0 Å². The van der Waals surface area contributed by atoms with E-state index in [1.807, 2.05) is 12.1 Å². The molecule has 0 spiro atoms. The lowest BCUT2D eigenvalue weighted by Crippen LogP contribution is -1.78. The molecule has 1 rings (SSSR count). The van der Waals surface area contributed by atoms with E-state index in [0.717, 1.165) is 4.60 Å². The number of aromatic nitrogens is 2. The Hall–Kier alpha value is 0.0400. The number of halogens is 2. The van der Waals surface area contributed by atoms with Crippen LogP contribution >= 0.6 is 31.9 Å². The van der Waals surface area contributed by atoms with E-state index in [1.54, 1.807) is 6.20 Å². The zero-order valence-electron chi connectivity index (χ0n) is 9.83. The van der Waals surface area contributed by atoms with Gasteiger partial charge in [0.1, 0.15) is 4.60 Å². The smallest absolute Gasteiger partial charge is 0.128 e. The average Bonchev–Trinajstić information content (AvgIpc) is 2.31. The molecule has 0 fully saturated rings. The molecule has 0 aromatic carbocycles. The fourth-order valence-electron chi connectivity index (χ4n) is 1.16. The molecule has 0 saturated carbocycles. The number of alkyl halides is 1. The summed E-state index contributed by atoms with van der Waals surface area (Å²) >= 11 is 6.56. The molecule has 4 heteroatoms. The van der Waals surface area contributed by atoms with Crippen LogP contribution in [0.5, 0.6) is 0 Å². The molecule has 0 amide bonds. The Balaban J connectivity index is 0.000000288. The van der Waals surface area contributed by atoms with Crippen molar-refractivity contribution in [1.82, 2.24) is 10.2 Å². The molecule has 0 aliphatic heterocycles. The molecule has 1 aromatic heterocycles. The Bertz CT molecular complexity index is 224. The van der Waals surface area contributed by atoms with Gasteiger partial charge in [-0.15, -0.1) is 5.10 Å². The van der Waals surface area contributed by atoms with E-state index >= 15 is 0 Å². The second-order valence-electron chi connectivity index (χ2n) is 3.50. The maximum Gasteiger partial charge on any atom is 0.128 e. The third-order valence-corrected chi connectivity index (χ3v) is 3.01. The molecule has 1 aromatic rings. The summed E-state index contributed by atoms with van der Waals surface area (Å²) in [6.07, 6.45) is 10.0. The Morgan fingerprint density at radius 3 is 2.25 bits per heavy atom. The highest BCUT2D eigenvalue weighted by atomic mass is 79.9. The fourth-order valence-corrected chi connectivity index (χ4v) is 1.80. The van der Waals surface area contributed by atoms with Crippen molar-refractivity contribution >= 4 is 31.9 Å². The molecule has 0 saturated heterocycles. The number of nitrogens with zero attached hydrogens (tertiary/aromatic N) is 2. The number of rotatable bonds is 6. The van der Waals surface area contributed by atoms with Crippen LogP contribution in [0, 0.1) is 0 Å². The van der Waals surface area contributed by atoms with E-state index in [2.05, 4.69) is 49.0 Å². The van der Waals surface area contributed by atoms with Crippen LogP contribution in [0.25, 0.3) is 0 Å². The van der Waals surface area contributed by atoms with E-state index in [-0.39, 0.29) is 0 Å². The standard InChI is InChI=1S/C8H17Br.C4H3BrN2/c1-2-3-4-5-6-7-8-9;5-4-2-1-3-6-7-4/h2-8H2,1H3;1-3H. The Labute approximate surface area is 115 Å². The number of hydrogen-bond donors (Lipinski definition) is 0. The summed E-state index contributed by atoms with van der Waals surface area (Å²) < 4.78 is 0.773. The van der Waals surface area contributed by atoms with Crippen molar-refractivity contribution in [2.24, 2.45) is 0 Å². The maximum atomic E-state index is 3.65. The molecular weight excluding hydrogens is 332 g/mol. The number of unbranched alkanes of at least 4 members (excludes halogenated alkanes) is 5. The summed E-state index contributed by atoms with van der Waals surface area (Å²) in [5, 5.41) is 8.41. The van der Waals surface area contributed by atoms with Crippen molar-refractivity contribution < 1.29 is 0 Å². The minimum atomic E-state index is 0.773. The van der Waals surface area contributed by atoms with Crippen LogP contribution in [-0.4, -0.2) is 15.5 Å². The summed E-state index contributed by atoms with van der Waals surface area (Å²) in [7, 11) is 0. The molecule has 0 radical (unpaired) electrons. The van der Waals surface area contributed by atoms with Gasteiger partial charge in [0.2, 0.25) is 0 Å². The summed E-state index contributed by atoms with van der Waals surface area (Å²) in [6.45, 7) is 2.25. The zero-order valence-corrected chi connectivity index (χ0v) is 13.0. The lowest BCUT2D eigenvalue weighted by atomic mass is 10.1. The fraction of sp³-hybridized carbons (Fsp3) is 0.667. The van der Waals surface area contributed by atoms with Gasteiger partial charge in [-0.25, -0.2) is 0 Å². The predicted octanol–water partition coefficient (Wildman–Crippen LogP) is 4.98. The van der Waals surface area contributed by atoms with Gasteiger partial charge < -0.3 is 0 Å². The second-order valence-corrected chi connectivity index (χ2v) is 5.11. The largest absolute Gasteiger partial charge is 0.158 e. The molecule has 0 aliphatic carbocycles. The van der Waals surface area contributed by atoms with Gasteiger partial charge in [0, 0.05) is 11.5 Å². The Morgan fingerprint density at radius 1 is 1.12 bits per heavy atom. The molecule has 0 bridgehead atoms. The monoisotopic (exact) mass is 350 g/mol. The molecular formula is C12H20Br2N2. The first-order valence-electron chi connectivity index (χ1n) is 5.80. The van der Waals surface area contributed by atoms with E-state index < -0.39 is 0 Å². The molecule has 0 atom stereocenters. The minimum absolute atomic E-state index is 0.773. The van der Waals surface area contributed by atoms with Crippen LogP contribution in [0.3, 0.4) is 0 Å². The molecule has 0 N–H and O–H groups in total. The molecule has 1 heterocycles. The molecule has 16 heavy (non-hydrogen) atoms. The zero-order chi connectivity index (χ0) is 12.1. The van der Waals surface area contributed by atoms with E-state index in [0.29, 0.717) is 0 Å². The van der Waals surface area contributed by atoms with Crippen molar-refractivity contribution in [3.05, 3.63) is 22.9 Å². The first-order chi connectivity index (χ1) is 7.81. The van der Waals surface area contributed by atoms with Crippen molar-refractivity contribution in [3.63, 3.8) is 0 Å². The van der Waals surface area contributed by atoms with Crippen molar-refractivity contribution in [3.8, 4) is 0 Å². The van der Waals surface area contributed by atoms with Gasteiger partial charge >= 0.3 is 0 Å². The van der Waals surface area contributed by atoms with Crippen LogP contribution in [0.15, 0.2) is 22.9 Å². The van der Waals surface area contributed by atoms with Crippen LogP contribution in [-0.2, 0) is 0 Å². The predicted molar refractivity (Wildman–Crippen MR) is 76.9 cm³/mol. The third kappa shape index (κ3) is 12.1. The molecule has 0 aliphatic rings. The van der Waals surface area contributed by atoms with Crippen molar-refractivity contribution in [2.75, 3.05) is 5.33 Å². The van der Waals surface area contributed by atoms with Gasteiger partial charge in [0.25, 0.3) is 0 Å². The summed E-state index contributed by atoms with van der Waals surface area (Å²) in [4.78, 5) is 0. The molecule has 2 nitrogen and oxygen atoms in total. The summed E-state index contributed by atoms with van der Waals surface area (Å²) in [6, 6.07) is 3.64. The van der Waals surface area contributed by atoms with E-state index in [1.165, 1.54) is 43.9 Å². The molecule has 92 valence electrons. The van der Waals surface area contributed by atoms with Crippen LogP contribution in [0.4, 0.5) is 0 Å².